The number of nitrogens with one attached hydrogen (secondary N) is 3. The first-order valence-electron chi connectivity index (χ1n) is 17.4. The summed E-state index contributed by atoms with van der Waals surface area (Å²) in [4.78, 5) is 81.2. The number of benzene rings is 1. The van der Waals surface area contributed by atoms with Crippen molar-refractivity contribution >= 4 is 45.6 Å². The number of hydrogen-bond donors (Lipinski definition) is 3. The third kappa shape index (κ3) is 16.8. The number of sulfone groups is 1. The second-order valence-corrected chi connectivity index (χ2v) is 18.0. The van der Waals surface area contributed by atoms with Crippen LogP contribution in [0.3, 0.4) is 0 Å². The van der Waals surface area contributed by atoms with Crippen LogP contribution in [0.25, 0.3) is 0 Å². The van der Waals surface area contributed by atoms with Crippen LogP contribution in [0.2, 0.25) is 0 Å². The van der Waals surface area contributed by atoms with E-state index < -0.39 is 92.8 Å². The molecule has 3 N–H and O–H groups in total. The van der Waals surface area contributed by atoms with Crippen molar-refractivity contribution in [2.24, 2.45) is 5.41 Å². The normalized spacial score (nSPS) is 16.9. The molecule has 1 aliphatic rings. The van der Waals surface area contributed by atoms with Gasteiger partial charge in [0.05, 0.1) is 18.9 Å². The molecule has 1 unspecified atom stereocenters. The Balaban J connectivity index is 2.30. The molecule has 296 valence electrons. The average Bonchev–Trinajstić information content (AvgIpc) is 3.49. The molecule has 4 amide bonds. The summed E-state index contributed by atoms with van der Waals surface area (Å²) in [7, 11) is -3.61. The van der Waals surface area contributed by atoms with E-state index >= 15 is 0 Å². The Morgan fingerprint density at radius 1 is 0.849 bits per heavy atom. The van der Waals surface area contributed by atoms with Gasteiger partial charge in [-0.05, 0) is 65.4 Å². The Hall–Kier alpha value is -4.47. The molecule has 16 heteroatoms. The van der Waals surface area contributed by atoms with Gasteiger partial charge in [-0.1, -0.05) is 57.2 Å². The van der Waals surface area contributed by atoms with Crippen LogP contribution >= 0.6 is 0 Å². The van der Waals surface area contributed by atoms with Crippen molar-refractivity contribution in [2.75, 3.05) is 12.8 Å². The number of carbonyl (C=O) groups excluding carboxylic acids is 6. The minimum absolute atomic E-state index is 0.0996. The van der Waals surface area contributed by atoms with Gasteiger partial charge in [0, 0.05) is 18.2 Å². The molecule has 0 spiro atoms. The van der Waals surface area contributed by atoms with Gasteiger partial charge >= 0.3 is 18.0 Å². The van der Waals surface area contributed by atoms with Gasteiger partial charge in [-0.2, -0.15) is 0 Å². The number of hydrogen-bond acceptors (Lipinski definition) is 11. The number of likely N-dealkylation sites (tertiary alicyclic amines) is 1. The van der Waals surface area contributed by atoms with E-state index in [1.807, 2.05) is 0 Å². The smallest absolute Gasteiger partial charge is 0.408 e. The van der Waals surface area contributed by atoms with Crippen LogP contribution in [0, 0.1) is 5.41 Å². The number of carbonyl (C=O) groups is 6. The van der Waals surface area contributed by atoms with Gasteiger partial charge in [-0.15, -0.1) is 0 Å². The van der Waals surface area contributed by atoms with Crippen LogP contribution in [0.15, 0.2) is 41.8 Å². The number of esters is 2. The predicted octanol–water partition coefficient (Wildman–Crippen LogP) is 3.31. The molecule has 0 radical (unpaired) electrons. The molecule has 0 bridgehead atoms. The maximum absolute atomic E-state index is 14.2. The summed E-state index contributed by atoms with van der Waals surface area (Å²) in [6.07, 6.45) is 0.945. The van der Waals surface area contributed by atoms with Crippen molar-refractivity contribution in [3.8, 4) is 0 Å². The third-order valence-corrected chi connectivity index (χ3v) is 8.19. The lowest BCUT2D eigenvalue weighted by Crippen LogP contribution is -2.60. The quantitative estimate of drug-likeness (QED) is 0.185. The van der Waals surface area contributed by atoms with Gasteiger partial charge in [0.1, 0.15) is 35.9 Å². The second kappa shape index (κ2) is 18.5. The molecule has 1 heterocycles. The number of ether oxygens (including phenoxy) is 3. The van der Waals surface area contributed by atoms with Gasteiger partial charge in [0.2, 0.25) is 17.7 Å². The summed E-state index contributed by atoms with van der Waals surface area (Å²) in [5.41, 5.74) is -1.93. The second-order valence-electron chi connectivity index (χ2n) is 16.1. The molecule has 2 rings (SSSR count). The zero-order valence-corrected chi connectivity index (χ0v) is 33.3. The maximum Gasteiger partial charge on any atom is 0.408 e. The van der Waals surface area contributed by atoms with Crippen molar-refractivity contribution in [3.63, 3.8) is 0 Å². The van der Waals surface area contributed by atoms with E-state index in [9.17, 15) is 37.2 Å². The van der Waals surface area contributed by atoms with Crippen molar-refractivity contribution in [1.29, 1.82) is 0 Å². The lowest BCUT2D eigenvalue weighted by molar-refractivity contribution is -0.157. The fraction of sp³-hybridized carbons (Fsp3) is 0.622. The number of rotatable bonds is 14. The molecule has 1 fully saturated rings. The van der Waals surface area contributed by atoms with Gasteiger partial charge in [0.15, 0.2) is 9.84 Å². The Morgan fingerprint density at radius 3 is 1.94 bits per heavy atom. The highest BCUT2D eigenvalue weighted by Gasteiger charge is 2.43. The van der Waals surface area contributed by atoms with Crippen molar-refractivity contribution < 1.29 is 51.4 Å². The Morgan fingerprint density at radius 2 is 1.42 bits per heavy atom. The molecule has 1 aromatic carbocycles. The molecule has 0 aromatic heterocycles. The number of nitrogens with zero attached hydrogens (tertiary/aromatic N) is 1. The van der Waals surface area contributed by atoms with E-state index in [1.165, 1.54) is 11.0 Å². The molecule has 15 nitrogen and oxygen atoms in total. The molecule has 53 heavy (non-hydrogen) atoms. The molecule has 4 atom stereocenters. The molecule has 0 aliphatic carbocycles. The first-order chi connectivity index (χ1) is 24.2. The van der Waals surface area contributed by atoms with Crippen molar-refractivity contribution in [2.45, 2.75) is 130 Å². The van der Waals surface area contributed by atoms with E-state index in [-0.39, 0.29) is 26.0 Å². The van der Waals surface area contributed by atoms with Gasteiger partial charge in [-0.3, -0.25) is 24.0 Å². The highest BCUT2D eigenvalue weighted by molar-refractivity contribution is 7.93. The van der Waals surface area contributed by atoms with Crippen LogP contribution in [0.4, 0.5) is 4.79 Å². The predicted molar refractivity (Wildman–Crippen MR) is 197 cm³/mol. The van der Waals surface area contributed by atoms with Crippen LogP contribution in [-0.4, -0.2) is 97.2 Å². The van der Waals surface area contributed by atoms with E-state index in [0.29, 0.717) is 12.0 Å². The molecular weight excluding hydrogens is 708 g/mol. The molecule has 1 aromatic rings. The minimum Gasteiger partial charge on any atom is -0.460 e. The SMILES string of the molecule is CC(C)(C)OC(=O)C[C@@H](/C=C/S(C)(=O)=O)NC(=O)[C@H]1CCCN1C(=O)C(NC(=O)[C@H](CC(=O)OC(C)(C)C)NC(=O)OCc1ccccc1)C(C)(C)C. The van der Waals surface area contributed by atoms with Gasteiger partial charge in [0.25, 0.3) is 0 Å². The minimum atomic E-state index is -3.61. The summed E-state index contributed by atoms with van der Waals surface area (Å²) >= 11 is 0. The average molecular weight is 765 g/mol. The van der Waals surface area contributed by atoms with Gasteiger partial charge < -0.3 is 35.1 Å². The lowest BCUT2D eigenvalue weighted by Gasteiger charge is -2.36. The molecule has 1 saturated heterocycles. The fourth-order valence-corrected chi connectivity index (χ4v) is 5.75. The largest absolute Gasteiger partial charge is 0.460 e. The first-order valence-corrected chi connectivity index (χ1v) is 19.4. The van der Waals surface area contributed by atoms with Crippen LogP contribution in [0.5, 0.6) is 0 Å². The Kier molecular flexibility index (Phi) is 15.6. The van der Waals surface area contributed by atoms with Crippen molar-refractivity contribution in [3.05, 3.63) is 47.4 Å². The highest BCUT2D eigenvalue weighted by Crippen LogP contribution is 2.26. The van der Waals surface area contributed by atoms with E-state index in [2.05, 4.69) is 16.0 Å². The molecular formula is C37H56N4O11S. The number of alkyl carbamates (subject to hydrolysis) is 1. The van der Waals surface area contributed by atoms with Crippen LogP contribution in [0.1, 0.15) is 93.6 Å². The lowest BCUT2D eigenvalue weighted by atomic mass is 9.85. The summed E-state index contributed by atoms with van der Waals surface area (Å²) in [5, 5.41) is 8.66. The third-order valence-electron chi connectivity index (χ3n) is 7.54. The highest BCUT2D eigenvalue weighted by atomic mass is 32.2. The zero-order valence-electron chi connectivity index (χ0n) is 32.4. The summed E-state index contributed by atoms with van der Waals surface area (Å²) in [6.45, 7) is 15.2. The monoisotopic (exact) mass is 764 g/mol. The van der Waals surface area contributed by atoms with Gasteiger partial charge in [-0.25, -0.2) is 13.2 Å². The topological polar surface area (TPSA) is 204 Å². The fourth-order valence-electron chi connectivity index (χ4n) is 5.27. The van der Waals surface area contributed by atoms with E-state index in [0.717, 1.165) is 11.7 Å². The van der Waals surface area contributed by atoms with Crippen molar-refractivity contribution in [1.82, 2.24) is 20.9 Å². The maximum atomic E-state index is 14.2. The molecule has 0 saturated carbocycles. The summed E-state index contributed by atoms with van der Waals surface area (Å²) < 4.78 is 39.7. The first kappa shape index (κ1) is 44.7. The number of amides is 4. The van der Waals surface area contributed by atoms with Crippen LogP contribution < -0.4 is 16.0 Å². The zero-order chi connectivity index (χ0) is 40.4. The van der Waals surface area contributed by atoms with E-state index in [1.54, 1.807) is 92.6 Å². The van der Waals surface area contributed by atoms with E-state index in [4.69, 9.17) is 14.2 Å². The molecule has 1 aliphatic heterocycles. The Labute approximate surface area is 312 Å². The summed E-state index contributed by atoms with van der Waals surface area (Å²) in [6, 6.07) is 4.04. The standard InChI is InChI=1S/C37H56N4O11S/c1-35(2,3)30(40-31(44)26(22-29(43)52-37(7,8)9)39-34(47)50-23-24-15-12-11-13-16-24)33(46)41-19-14-17-27(41)32(45)38-25(18-20-53(10,48)49)21-28(42)51-36(4,5)6/h11-13,15-16,18,20,25-27,30H,14,17,19,21-23H2,1-10H3,(H,38,45)(H,39,47)(H,40,44)/b20-18+/t25-,26+,27-,30?/m1/s1. The summed E-state index contributed by atoms with van der Waals surface area (Å²) in [5.74, 6) is -3.53. The Bertz CT molecular complexity index is 1610. The van der Waals surface area contributed by atoms with Crippen LogP contribution in [-0.2, 0) is 54.6 Å².